The minimum atomic E-state index is -0.429. The standard InChI is InChI=1S/C29H38N4O4/c1-20(2)37-29(36)32-19-21(3)33(22(4)34)26-13-12-25(18-27(26)32)23-8-10-24(11-9-23)28(35)30(5)16-17-31-14-6-7-15-31/h8-13,18,20-21H,6-7,14-17,19H2,1-5H3. The first-order valence-electron chi connectivity index (χ1n) is 13.2. The average molecular weight is 507 g/mol. The third kappa shape index (κ3) is 5.96. The Morgan fingerprint density at radius 1 is 1.00 bits per heavy atom. The number of benzene rings is 2. The smallest absolute Gasteiger partial charge is 0.414 e. The summed E-state index contributed by atoms with van der Waals surface area (Å²) in [6.45, 7) is 11.3. The molecule has 2 aliphatic heterocycles. The third-order valence-corrected chi connectivity index (χ3v) is 7.07. The number of carbonyl (C=O) groups is 3. The molecule has 0 spiro atoms. The van der Waals surface area contributed by atoms with Gasteiger partial charge in [0.25, 0.3) is 5.91 Å². The van der Waals surface area contributed by atoms with Crippen LogP contribution in [0.5, 0.6) is 0 Å². The van der Waals surface area contributed by atoms with E-state index in [4.69, 9.17) is 4.74 Å². The number of hydrogen-bond donors (Lipinski definition) is 0. The van der Waals surface area contributed by atoms with Crippen molar-refractivity contribution in [2.45, 2.75) is 52.7 Å². The van der Waals surface area contributed by atoms with Gasteiger partial charge in [-0.25, -0.2) is 4.79 Å². The summed E-state index contributed by atoms with van der Waals surface area (Å²) in [6, 6.07) is 13.1. The molecule has 8 heteroatoms. The maximum atomic E-state index is 12.9. The summed E-state index contributed by atoms with van der Waals surface area (Å²) < 4.78 is 5.49. The van der Waals surface area contributed by atoms with E-state index in [9.17, 15) is 14.4 Å². The average Bonchev–Trinajstić information content (AvgIpc) is 3.39. The van der Waals surface area contributed by atoms with Gasteiger partial charge >= 0.3 is 6.09 Å². The minimum Gasteiger partial charge on any atom is -0.446 e. The monoisotopic (exact) mass is 506 g/mol. The molecule has 0 aliphatic carbocycles. The SMILES string of the molecule is CC(=O)N1c2ccc(-c3ccc(C(=O)N(C)CCN4CCCC4)cc3)cc2N(C(=O)OC(C)C)CC1C. The van der Waals surface area contributed by atoms with Gasteiger partial charge in [-0.2, -0.15) is 0 Å². The fourth-order valence-electron chi connectivity index (χ4n) is 5.15. The van der Waals surface area contributed by atoms with Crippen LogP contribution in [0.1, 0.15) is 50.9 Å². The van der Waals surface area contributed by atoms with Crippen molar-refractivity contribution in [1.29, 1.82) is 0 Å². The summed E-state index contributed by atoms with van der Waals surface area (Å²) in [5.74, 6) is -0.0695. The van der Waals surface area contributed by atoms with Crippen molar-refractivity contribution in [3.05, 3.63) is 48.0 Å². The molecule has 1 saturated heterocycles. The number of likely N-dealkylation sites (tertiary alicyclic amines) is 1. The fourth-order valence-corrected chi connectivity index (χ4v) is 5.15. The van der Waals surface area contributed by atoms with Crippen LogP contribution < -0.4 is 9.80 Å². The van der Waals surface area contributed by atoms with Gasteiger partial charge in [0.1, 0.15) is 0 Å². The quantitative estimate of drug-likeness (QED) is 0.571. The molecule has 0 bridgehead atoms. The van der Waals surface area contributed by atoms with E-state index >= 15 is 0 Å². The lowest BCUT2D eigenvalue weighted by Gasteiger charge is -2.40. The van der Waals surface area contributed by atoms with Crippen molar-refractivity contribution in [1.82, 2.24) is 9.80 Å². The van der Waals surface area contributed by atoms with Crippen LogP contribution in [0, 0.1) is 0 Å². The molecule has 198 valence electrons. The number of amides is 3. The second-order valence-electron chi connectivity index (χ2n) is 10.3. The Hall–Kier alpha value is -3.39. The number of rotatable bonds is 6. The lowest BCUT2D eigenvalue weighted by Crippen LogP contribution is -2.51. The zero-order chi connectivity index (χ0) is 26.7. The van der Waals surface area contributed by atoms with Gasteiger partial charge in [-0.3, -0.25) is 14.5 Å². The van der Waals surface area contributed by atoms with E-state index in [0.717, 1.165) is 30.8 Å². The molecule has 1 unspecified atom stereocenters. The highest BCUT2D eigenvalue weighted by molar-refractivity contribution is 6.03. The van der Waals surface area contributed by atoms with Gasteiger partial charge in [0.05, 0.1) is 23.5 Å². The molecule has 1 atom stereocenters. The van der Waals surface area contributed by atoms with Gasteiger partial charge in [-0.15, -0.1) is 0 Å². The summed E-state index contributed by atoms with van der Waals surface area (Å²) in [6.07, 6.45) is 1.80. The van der Waals surface area contributed by atoms with Gasteiger partial charge < -0.3 is 19.4 Å². The predicted molar refractivity (Wildman–Crippen MR) is 146 cm³/mol. The molecule has 2 aliphatic rings. The zero-order valence-electron chi connectivity index (χ0n) is 22.6. The van der Waals surface area contributed by atoms with E-state index < -0.39 is 6.09 Å². The summed E-state index contributed by atoms with van der Waals surface area (Å²) in [5.41, 5.74) is 3.77. The molecular formula is C29H38N4O4. The number of ether oxygens (including phenoxy) is 1. The first-order valence-corrected chi connectivity index (χ1v) is 13.2. The Morgan fingerprint density at radius 3 is 2.27 bits per heavy atom. The third-order valence-electron chi connectivity index (χ3n) is 7.07. The van der Waals surface area contributed by atoms with Crippen LogP contribution in [0.2, 0.25) is 0 Å². The van der Waals surface area contributed by atoms with Gasteiger partial charge in [0.2, 0.25) is 5.91 Å². The van der Waals surface area contributed by atoms with E-state index in [-0.39, 0.29) is 24.0 Å². The Morgan fingerprint density at radius 2 is 1.65 bits per heavy atom. The first kappa shape index (κ1) is 26.7. The van der Waals surface area contributed by atoms with E-state index in [2.05, 4.69) is 4.90 Å². The van der Waals surface area contributed by atoms with Crippen LogP contribution in [-0.2, 0) is 9.53 Å². The highest BCUT2D eigenvalue weighted by Gasteiger charge is 2.34. The number of likely N-dealkylation sites (N-methyl/N-ethyl adjacent to an activating group) is 1. The molecule has 0 N–H and O–H groups in total. The van der Waals surface area contributed by atoms with E-state index in [1.807, 2.05) is 70.3 Å². The predicted octanol–water partition coefficient (Wildman–Crippen LogP) is 4.63. The van der Waals surface area contributed by atoms with Crippen molar-refractivity contribution >= 4 is 29.3 Å². The van der Waals surface area contributed by atoms with Crippen molar-refractivity contribution in [2.24, 2.45) is 0 Å². The molecule has 8 nitrogen and oxygen atoms in total. The molecule has 2 aromatic carbocycles. The van der Waals surface area contributed by atoms with Crippen LogP contribution in [0.3, 0.4) is 0 Å². The second kappa shape index (κ2) is 11.3. The number of hydrogen-bond acceptors (Lipinski definition) is 5. The summed E-state index contributed by atoms with van der Waals surface area (Å²) in [5, 5.41) is 0. The Bertz CT molecular complexity index is 1140. The summed E-state index contributed by atoms with van der Waals surface area (Å²) >= 11 is 0. The van der Waals surface area contributed by atoms with Crippen molar-refractivity contribution < 1.29 is 19.1 Å². The van der Waals surface area contributed by atoms with Crippen LogP contribution in [0.4, 0.5) is 16.2 Å². The van der Waals surface area contributed by atoms with Gasteiger partial charge in [0.15, 0.2) is 0 Å². The first-order chi connectivity index (χ1) is 17.7. The van der Waals surface area contributed by atoms with E-state index in [1.54, 1.807) is 14.7 Å². The highest BCUT2D eigenvalue weighted by atomic mass is 16.6. The molecule has 1 fully saturated rings. The number of nitrogens with zero attached hydrogens (tertiary/aromatic N) is 4. The highest BCUT2D eigenvalue weighted by Crippen LogP contribution is 2.39. The molecule has 37 heavy (non-hydrogen) atoms. The van der Waals surface area contributed by atoms with E-state index in [0.29, 0.717) is 30.0 Å². The van der Waals surface area contributed by atoms with Crippen LogP contribution in [0.15, 0.2) is 42.5 Å². The van der Waals surface area contributed by atoms with E-state index in [1.165, 1.54) is 19.8 Å². The molecule has 4 rings (SSSR count). The van der Waals surface area contributed by atoms with Crippen LogP contribution in [0.25, 0.3) is 11.1 Å². The van der Waals surface area contributed by atoms with Gasteiger partial charge in [0, 0.05) is 39.2 Å². The molecule has 2 heterocycles. The Balaban J connectivity index is 1.56. The lowest BCUT2D eigenvalue weighted by atomic mass is 9.99. The number of anilines is 2. The molecule has 3 amide bonds. The maximum absolute atomic E-state index is 12.9. The molecule has 0 radical (unpaired) electrons. The second-order valence-corrected chi connectivity index (χ2v) is 10.3. The molecule has 0 aromatic heterocycles. The zero-order valence-corrected chi connectivity index (χ0v) is 22.6. The van der Waals surface area contributed by atoms with Crippen molar-refractivity contribution in [3.8, 4) is 11.1 Å². The van der Waals surface area contributed by atoms with Crippen molar-refractivity contribution in [2.75, 3.05) is 49.6 Å². The van der Waals surface area contributed by atoms with Crippen molar-refractivity contribution in [3.63, 3.8) is 0 Å². The molecular weight excluding hydrogens is 468 g/mol. The Labute approximate surface area is 219 Å². The van der Waals surface area contributed by atoms with Gasteiger partial charge in [-0.05, 0) is 82.1 Å². The summed E-state index contributed by atoms with van der Waals surface area (Å²) in [4.78, 5) is 45.8. The molecule has 0 saturated carbocycles. The molecule has 2 aromatic rings. The van der Waals surface area contributed by atoms with Crippen LogP contribution >= 0.6 is 0 Å². The van der Waals surface area contributed by atoms with Crippen LogP contribution in [-0.4, -0.2) is 79.6 Å². The number of carbonyl (C=O) groups excluding carboxylic acids is 3. The normalized spacial score (nSPS) is 17.6. The summed E-state index contributed by atoms with van der Waals surface area (Å²) in [7, 11) is 1.85. The maximum Gasteiger partial charge on any atom is 0.414 e. The lowest BCUT2D eigenvalue weighted by molar-refractivity contribution is -0.117. The Kier molecular flexibility index (Phi) is 8.17. The fraction of sp³-hybridized carbons (Fsp3) is 0.483. The largest absolute Gasteiger partial charge is 0.446 e. The minimum absolute atomic E-state index is 0.00452. The number of fused-ring (bicyclic) bond motifs is 1. The van der Waals surface area contributed by atoms with Gasteiger partial charge in [-0.1, -0.05) is 18.2 Å². The topological polar surface area (TPSA) is 73.4 Å².